The van der Waals surface area contributed by atoms with Crippen molar-refractivity contribution in [1.82, 2.24) is 0 Å². The molecule has 320 valence electrons. The third kappa shape index (κ3) is 9.49. The summed E-state index contributed by atoms with van der Waals surface area (Å²) >= 11 is 0. The van der Waals surface area contributed by atoms with Crippen molar-refractivity contribution in [2.24, 2.45) is 0 Å². The predicted molar refractivity (Wildman–Crippen MR) is 168 cm³/mol. The molecule has 0 saturated heterocycles. The standard InChI is InChI=1S/C36H28F17NO4/c37-29(38,30(39,40)31(41,42)32(43,44)33(45,46)34(47,48)35(49,50)36(51,52)53)17-20-58-28(55)25-11-15-27(16-12-25)57-19-4-2-1-3-18-56-26-13-9-24(10-14-26)23-7-5-22(21-54)6-8-23/h5-16H,1-4,17-20H2. The van der Waals surface area contributed by atoms with Crippen LogP contribution in [0, 0.1) is 11.3 Å². The van der Waals surface area contributed by atoms with Gasteiger partial charge in [-0.05, 0) is 85.3 Å². The molecule has 5 nitrogen and oxygen atoms in total. The number of hydrogen-bond acceptors (Lipinski definition) is 5. The maximum absolute atomic E-state index is 14.1. The fourth-order valence-electron chi connectivity index (χ4n) is 4.81. The van der Waals surface area contributed by atoms with E-state index in [2.05, 4.69) is 4.74 Å². The van der Waals surface area contributed by atoms with Gasteiger partial charge in [0.25, 0.3) is 0 Å². The number of carbonyl (C=O) groups is 1. The molecule has 0 atom stereocenters. The van der Waals surface area contributed by atoms with Crippen molar-refractivity contribution in [3.05, 3.63) is 83.9 Å². The second-order valence-corrected chi connectivity index (χ2v) is 12.4. The highest BCUT2D eigenvalue weighted by Crippen LogP contribution is 2.64. The van der Waals surface area contributed by atoms with Gasteiger partial charge in [0.2, 0.25) is 0 Å². The summed E-state index contributed by atoms with van der Waals surface area (Å²) in [5.74, 6) is -57.9. The number of rotatable bonds is 20. The summed E-state index contributed by atoms with van der Waals surface area (Å²) in [6, 6.07) is 20.7. The Bertz CT molecular complexity index is 1860. The zero-order chi connectivity index (χ0) is 44.0. The fourth-order valence-corrected chi connectivity index (χ4v) is 4.81. The minimum atomic E-state index is -8.72. The van der Waals surface area contributed by atoms with Crippen molar-refractivity contribution in [2.75, 3.05) is 19.8 Å². The highest BCUT2D eigenvalue weighted by Gasteiger charge is 2.95. The van der Waals surface area contributed by atoms with Crippen molar-refractivity contribution < 1.29 is 93.6 Å². The number of halogens is 17. The summed E-state index contributed by atoms with van der Waals surface area (Å²) in [6.45, 7) is -1.43. The van der Waals surface area contributed by atoms with Crippen LogP contribution in [0.4, 0.5) is 74.6 Å². The van der Waals surface area contributed by atoms with Crippen LogP contribution in [0.3, 0.4) is 0 Å². The van der Waals surface area contributed by atoms with Crippen molar-refractivity contribution >= 4 is 5.97 Å². The average molecular weight is 862 g/mol. The Morgan fingerprint density at radius 1 is 0.483 bits per heavy atom. The quantitative estimate of drug-likeness (QED) is 0.0643. The molecule has 0 bridgehead atoms. The average Bonchev–Trinajstić information content (AvgIpc) is 3.15. The van der Waals surface area contributed by atoms with E-state index in [1.54, 1.807) is 12.1 Å². The summed E-state index contributed by atoms with van der Waals surface area (Å²) in [5, 5.41) is 8.91. The minimum Gasteiger partial charge on any atom is -0.494 e. The van der Waals surface area contributed by atoms with Crippen LogP contribution in [-0.2, 0) is 4.74 Å². The van der Waals surface area contributed by atoms with Gasteiger partial charge in [0.1, 0.15) is 11.5 Å². The second kappa shape index (κ2) is 17.5. The van der Waals surface area contributed by atoms with Gasteiger partial charge in [-0.2, -0.15) is 79.9 Å². The molecular formula is C36H28F17NO4. The molecule has 22 heteroatoms. The predicted octanol–water partition coefficient (Wildman–Crippen LogP) is 11.8. The molecule has 0 radical (unpaired) electrons. The molecule has 0 N–H and O–H groups in total. The Kier molecular flexibility index (Phi) is 14.3. The van der Waals surface area contributed by atoms with Gasteiger partial charge in [-0.1, -0.05) is 24.3 Å². The van der Waals surface area contributed by atoms with Gasteiger partial charge in [-0.15, -0.1) is 0 Å². The fraction of sp³-hybridized carbons (Fsp3) is 0.444. The van der Waals surface area contributed by atoms with Crippen LogP contribution in [0.1, 0.15) is 48.0 Å². The SMILES string of the molecule is N#Cc1ccc(-c2ccc(OCCCCCCOc3ccc(C(=O)OCCC(F)(F)C(F)(F)C(F)(F)C(F)(F)C(F)(F)C(F)(F)C(F)(F)C(F)(F)F)cc3)cc2)cc1. The number of carbonyl (C=O) groups excluding carboxylic acids is 1. The molecule has 58 heavy (non-hydrogen) atoms. The molecule has 0 aliphatic heterocycles. The van der Waals surface area contributed by atoms with E-state index >= 15 is 0 Å². The Morgan fingerprint density at radius 3 is 1.28 bits per heavy atom. The summed E-state index contributed by atoms with van der Waals surface area (Å²) in [6.07, 6.45) is -7.99. The van der Waals surface area contributed by atoms with Gasteiger partial charge in [-0.3, -0.25) is 0 Å². The van der Waals surface area contributed by atoms with Crippen LogP contribution in [-0.4, -0.2) is 73.4 Å². The summed E-state index contributed by atoms with van der Waals surface area (Å²) < 4.78 is 243. The zero-order valence-electron chi connectivity index (χ0n) is 29.1. The number of alkyl halides is 17. The van der Waals surface area contributed by atoms with Crippen LogP contribution >= 0.6 is 0 Å². The van der Waals surface area contributed by atoms with Gasteiger partial charge < -0.3 is 14.2 Å². The lowest BCUT2D eigenvalue weighted by Crippen LogP contribution is -2.74. The highest BCUT2D eigenvalue weighted by atomic mass is 19.4. The van der Waals surface area contributed by atoms with E-state index in [1.807, 2.05) is 42.5 Å². The lowest BCUT2D eigenvalue weighted by molar-refractivity contribution is -0.461. The molecule has 3 aromatic rings. The van der Waals surface area contributed by atoms with Crippen molar-refractivity contribution in [3.8, 4) is 28.7 Å². The van der Waals surface area contributed by atoms with E-state index in [0.717, 1.165) is 41.8 Å². The zero-order valence-corrected chi connectivity index (χ0v) is 29.1. The van der Waals surface area contributed by atoms with Gasteiger partial charge in [0.15, 0.2) is 0 Å². The van der Waals surface area contributed by atoms with Crippen LogP contribution in [0.25, 0.3) is 11.1 Å². The van der Waals surface area contributed by atoms with Crippen LogP contribution < -0.4 is 9.47 Å². The maximum Gasteiger partial charge on any atom is 0.460 e. The summed E-state index contributed by atoms with van der Waals surface area (Å²) in [7, 11) is 0. The van der Waals surface area contributed by atoms with E-state index in [-0.39, 0.29) is 12.4 Å². The molecule has 3 aromatic carbocycles. The first kappa shape index (κ1) is 47.4. The molecule has 0 saturated carbocycles. The number of esters is 1. The first-order chi connectivity index (χ1) is 26.6. The Labute approximate surface area is 317 Å². The number of nitrogens with zero attached hydrogens (tertiary/aromatic N) is 1. The molecule has 0 amide bonds. The largest absolute Gasteiger partial charge is 0.494 e. The van der Waals surface area contributed by atoms with Gasteiger partial charge in [0.05, 0.1) is 43.4 Å². The van der Waals surface area contributed by atoms with E-state index in [4.69, 9.17) is 14.7 Å². The molecule has 0 aliphatic rings. The van der Waals surface area contributed by atoms with Crippen LogP contribution in [0.5, 0.6) is 11.5 Å². The topological polar surface area (TPSA) is 68.5 Å². The lowest BCUT2D eigenvalue weighted by Gasteiger charge is -2.42. The number of unbranched alkanes of at least 4 members (excludes halogenated alkanes) is 3. The van der Waals surface area contributed by atoms with E-state index in [1.165, 1.54) is 0 Å². The van der Waals surface area contributed by atoms with Gasteiger partial charge in [0, 0.05) is 0 Å². The van der Waals surface area contributed by atoms with E-state index < -0.39 is 72.2 Å². The first-order valence-electron chi connectivity index (χ1n) is 16.4. The monoisotopic (exact) mass is 861 g/mol. The van der Waals surface area contributed by atoms with Crippen LogP contribution in [0.15, 0.2) is 72.8 Å². The lowest BCUT2D eigenvalue weighted by atomic mass is 9.88. The Morgan fingerprint density at radius 2 is 0.862 bits per heavy atom. The second-order valence-electron chi connectivity index (χ2n) is 12.4. The smallest absolute Gasteiger partial charge is 0.460 e. The minimum absolute atomic E-state index is 0.161. The normalized spacial score (nSPS) is 13.5. The van der Waals surface area contributed by atoms with Crippen molar-refractivity contribution in [2.45, 2.75) is 79.7 Å². The number of nitriles is 1. The molecule has 3 rings (SSSR count). The molecular weight excluding hydrogens is 833 g/mol. The van der Waals surface area contributed by atoms with Crippen LogP contribution in [0.2, 0.25) is 0 Å². The third-order valence-corrected chi connectivity index (χ3v) is 8.30. The Balaban J connectivity index is 1.43. The third-order valence-electron chi connectivity index (χ3n) is 8.30. The molecule has 0 fully saturated rings. The molecule has 0 aromatic heterocycles. The first-order valence-corrected chi connectivity index (χ1v) is 16.4. The molecule has 0 heterocycles. The summed E-state index contributed by atoms with van der Waals surface area (Å²) in [4.78, 5) is 12.1. The molecule has 0 spiro atoms. The van der Waals surface area contributed by atoms with Crippen molar-refractivity contribution in [3.63, 3.8) is 0 Å². The summed E-state index contributed by atoms with van der Waals surface area (Å²) in [5.41, 5.74) is 1.91. The number of benzene rings is 3. The molecule has 0 aliphatic carbocycles. The maximum atomic E-state index is 14.1. The highest BCUT2D eigenvalue weighted by molar-refractivity contribution is 5.89. The molecule has 0 unspecified atom stereocenters. The van der Waals surface area contributed by atoms with E-state index in [0.29, 0.717) is 37.2 Å². The van der Waals surface area contributed by atoms with E-state index in [9.17, 15) is 79.4 Å². The number of hydrogen-bond donors (Lipinski definition) is 0. The van der Waals surface area contributed by atoms with Crippen molar-refractivity contribution in [1.29, 1.82) is 5.26 Å². The number of ether oxygens (including phenoxy) is 3. The van der Waals surface area contributed by atoms with Gasteiger partial charge >= 0.3 is 53.6 Å². The Hall–Kier alpha value is -4.97. The van der Waals surface area contributed by atoms with Gasteiger partial charge in [-0.25, -0.2) is 4.79 Å².